The second-order valence-electron chi connectivity index (χ2n) is 10.8. The fourth-order valence-electron chi connectivity index (χ4n) is 5.87. The van der Waals surface area contributed by atoms with E-state index in [4.69, 9.17) is 11.6 Å². The van der Waals surface area contributed by atoms with Gasteiger partial charge in [-0.15, -0.1) is 11.3 Å². The molecule has 1 aromatic heterocycles. The molecule has 1 N–H and O–H groups in total. The molecule has 1 saturated carbocycles. The summed E-state index contributed by atoms with van der Waals surface area (Å²) in [6, 6.07) is 2.82. The summed E-state index contributed by atoms with van der Waals surface area (Å²) in [5.41, 5.74) is 0. The summed E-state index contributed by atoms with van der Waals surface area (Å²) in [7, 11) is -3.82. The van der Waals surface area contributed by atoms with Gasteiger partial charge in [-0.3, -0.25) is 9.59 Å². The van der Waals surface area contributed by atoms with E-state index in [9.17, 15) is 18.0 Å². The minimum Gasteiger partial charge on any atom is -0.336 e. The largest absolute Gasteiger partial charge is 0.336 e. The molecule has 3 unspecified atom stereocenters. The average Bonchev–Trinajstić information content (AvgIpc) is 3.34. The van der Waals surface area contributed by atoms with Crippen molar-refractivity contribution in [2.45, 2.75) is 51.1 Å². The molecule has 198 valence electrons. The molecule has 36 heavy (non-hydrogen) atoms. The number of amides is 2. The minimum atomic E-state index is -3.82. The molecule has 0 spiro atoms. The van der Waals surface area contributed by atoms with Crippen molar-refractivity contribution in [3.63, 3.8) is 0 Å². The molecule has 0 bridgehead atoms. The van der Waals surface area contributed by atoms with Gasteiger partial charge in [0.15, 0.2) is 0 Å². The van der Waals surface area contributed by atoms with Crippen LogP contribution in [0.2, 0.25) is 4.34 Å². The quantitative estimate of drug-likeness (QED) is 0.534. The van der Waals surface area contributed by atoms with Gasteiger partial charge in [-0.25, -0.2) is 8.42 Å². The van der Waals surface area contributed by atoms with E-state index in [1.807, 2.05) is 4.90 Å². The maximum absolute atomic E-state index is 13.3. The highest BCUT2D eigenvalue weighted by Crippen LogP contribution is 2.49. The molecule has 3 aliphatic heterocycles. The Labute approximate surface area is 222 Å². The van der Waals surface area contributed by atoms with Gasteiger partial charge in [0, 0.05) is 36.0 Å². The van der Waals surface area contributed by atoms with Gasteiger partial charge >= 0.3 is 0 Å². The van der Waals surface area contributed by atoms with Crippen LogP contribution in [-0.2, 0) is 19.6 Å². The first-order valence-electron chi connectivity index (χ1n) is 12.9. The van der Waals surface area contributed by atoms with Gasteiger partial charge in [0.05, 0.1) is 10.9 Å². The molecule has 1 aliphatic carbocycles. The molecular formula is C25H35ClN4O4S2. The maximum atomic E-state index is 13.3. The Bertz CT molecular complexity index is 1120. The topological polar surface area (TPSA) is 90.0 Å². The molecule has 4 atom stereocenters. The van der Waals surface area contributed by atoms with Crippen LogP contribution in [0.3, 0.4) is 0 Å². The van der Waals surface area contributed by atoms with Gasteiger partial charge in [0.25, 0.3) is 0 Å². The average molecular weight is 555 g/mol. The Hall–Kier alpha value is -1.46. The Morgan fingerprint density at radius 2 is 2.00 bits per heavy atom. The Morgan fingerprint density at radius 1 is 1.22 bits per heavy atom. The van der Waals surface area contributed by atoms with E-state index in [2.05, 4.69) is 16.5 Å². The fourth-order valence-corrected chi connectivity index (χ4v) is 7.94. The molecule has 11 heteroatoms. The number of hydrogen-bond acceptors (Lipinski definition) is 6. The lowest BCUT2D eigenvalue weighted by atomic mass is 9.98. The maximum Gasteiger partial charge on any atom is 0.242 e. The van der Waals surface area contributed by atoms with Crippen molar-refractivity contribution < 1.29 is 18.0 Å². The number of hydrogen-bond donors (Lipinski definition) is 1. The first-order valence-corrected chi connectivity index (χ1v) is 15.7. The van der Waals surface area contributed by atoms with E-state index in [0.717, 1.165) is 37.5 Å². The molecule has 4 heterocycles. The molecule has 5 rings (SSSR count). The van der Waals surface area contributed by atoms with Crippen LogP contribution in [0.4, 0.5) is 0 Å². The number of rotatable bonds is 8. The zero-order valence-electron chi connectivity index (χ0n) is 20.6. The molecule has 1 aromatic rings. The van der Waals surface area contributed by atoms with E-state index in [0.29, 0.717) is 40.4 Å². The standard InChI is InChI=1S/C25H35ClN4O4S2/c1-17-6-10-28(11-7-17)15-22-20-13-18(20)14-30(22)24(31)16-29-9-2-3-21(25(29)32)27-36(33,34)12-8-19-4-5-23(26)35-19/h4-5,8,12,17-18,20-22,27H,2-3,6-7,9-11,13-16H2,1H3/b12-8+/t18?,20?,21-,22?/m0/s1. The molecule has 4 aliphatic rings. The van der Waals surface area contributed by atoms with Crippen molar-refractivity contribution in [3.05, 3.63) is 26.8 Å². The zero-order chi connectivity index (χ0) is 25.4. The Balaban J connectivity index is 1.17. The molecule has 4 fully saturated rings. The lowest BCUT2D eigenvalue weighted by Gasteiger charge is -2.37. The summed E-state index contributed by atoms with van der Waals surface area (Å²) in [4.78, 5) is 33.2. The van der Waals surface area contributed by atoms with Gasteiger partial charge in [-0.2, -0.15) is 4.72 Å². The van der Waals surface area contributed by atoms with Crippen LogP contribution in [0.5, 0.6) is 0 Å². The predicted octanol–water partition coefficient (Wildman–Crippen LogP) is 2.86. The number of carbonyl (C=O) groups excluding carboxylic acids is 2. The van der Waals surface area contributed by atoms with Crippen molar-refractivity contribution in [1.82, 2.24) is 19.4 Å². The van der Waals surface area contributed by atoms with Crippen molar-refractivity contribution in [2.75, 3.05) is 39.3 Å². The third kappa shape index (κ3) is 6.15. The lowest BCUT2D eigenvalue weighted by molar-refractivity contribution is -0.144. The van der Waals surface area contributed by atoms with Crippen LogP contribution in [0.15, 0.2) is 17.5 Å². The summed E-state index contributed by atoms with van der Waals surface area (Å²) in [6.07, 6.45) is 6.17. The number of halogens is 1. The number of fused-ring (bicyclic) bond motifs is 1. The van der Waals surface area contributed by atoms with E-state index < -0.39 is 16.1 Å². The van der Waals surface area contributed by atoms with Crippen LogP contribution >= 0.6 is 22.9 Å². The molecule has 0 aromatic carbocycles. The molecule has 0 radical (unpaired) electrons. The number of likely N-dealkylation sites (tertiary alicyclic amines) is 3. The molecule has 3 saturated heterocycles. The number of nitrogens with one attached hydrogen (secondary N) is 1. The lowest BCUT2D eigenvalue weighted by Crippen LogP contribution is -2.55. The predicted molar refractivity (Wildman–Crippen MR) is 142 cm³/mol. The van der Waals surface area contributed by atoms with Crippen molar-refractivity contribution in [1.29, 1.82) is 0 Å². The van der Waals surface area contributed by atoms with Crippen molar-refractivity contribution in [2.24, 2.45) is 17.8 Å². The minimum absolute atomic E-state index is 0.0103. The number of nitrogens with zero attached hydrogens (tertiary/aromatic N) is 3. The normalized spacial score (nSPS) is 29.8. The smallest absolute Gasteiger partial charge is 0.242 e. The molecule has 8 nitrogen and oxygen atoms in total. The van der Waals surface area contributed by atoms with Crippen LogP contribution < -0.4 is 4.72 Å². The highest BCUT2D eigenvalue weighted by Gasteiger charge is 2.54. The summed E-state index contributed by atoms with van der Waals surface area (Å²) < 4.78 is 28.2. The van der Waals surface area contributed by atoms with Gasteiger partial charge < -0.3 is 14.7 Å². The van der Waals surface area contributed by atoms with Gasteiger partial charge in [0.1, 0.15) is 6.04 Å². The zero-order valence-corrected chi connectivity index (χ0v) is 23.0. The first kappa shape index (κ1) is 26.2. The van der Waals surface area contributed by atoms with Gasteiger partial charge in [0.2, 0.25) is 21.8 Å². The van der Waals surface area contributed by atoms with Crippen molar-refractivity contribution >= 4 is 50.9 Å². The van der Waals surface area contributed by atoms with E-state index in [1.54, 1.807) is 12.1 Å². The van der Waals surface area contributed by atoms with Crippen LogP contribution in [-0.4, -0.2) is 86.3 Å². The third-order valence-electron chi connectivity index (χ3n) is 8.11. The van der Waals surface area contributed by atoms with Crippen molar-refractivity contribution in [3.8, 4) is 0 Å². The number of sulfonamides is 1. The van der Waals surface area contributed by atoms with Gasteiger partial charge in [-0.1, -0.05) is 18.5 Å². The van der Waals surface area contributed by atoms with Crippen LogP contribution in [0.1, 0.15) is 43.9 Å². The second kappa shape index (κ2) is 10.7. The summed E-state index contributed by atoms with van der Waals surface area (Å²) in [5, 5.41) is 1.06. The van der Waals surface area contributed by atoms with E-state index >= 15 is 0 Å². The number of carbonyl (C=O) groups is 2. The van der Waals surface area contributed by atoms with Gasteiger partial charge in [-0.05, 0) is 81.2 Å². The van der Waals surface area contributed by atoms with E-state index in [1.165, 1.54) is 41.6 Å². The van der Waals surface area contributed by atoms with E-state index in [-0.39, 0.29) is 24.4 Å². The third-order valence-corrected chi connectivity index (χ3v) is 10.4. The molecule has 2 amide bonds. The SMILES string of the molecule is CC1CCN(CC2C3CC3CN2C(=O)CN2CCC[C@H](NS(=O)(=O)/C=C/c3ccc(Cl)s3)C2=O)CC1. The first-order chi connectivity index (χ1) is 17.2. The highest BCUT2D eigenvalue weighted by molar-refractivity contribution is 7.92. The number of piperidine rings is 3. The Kier molecular flexibility index (Phi) is 7.79. The second-order valence-corrected chi connectivity index (χ2v) is 14.2. The molecular weight excluding hydrogens is 520 g/mol. The monoisotopic (exact) mass is 554 g/mol. The summed E-state index contributed by atoms with van der Waals surface area (Å²) in [6.45, 7) is 6.70. The van der Waals surface area contributed by atoms with Crippen LogP contribution in [0.25, 0.3) is 6.08 Å². The van der Waals surface area contributed by atoms with Crippen LogP contribution in [0, 0.1) is 17.8 Å². The highest BCUT2D eigenvalue weighted by atomic mass is 35.5. The summed E-state index contributed by atoms with van der Waals surface area (Å²) in [5.74, 6) is 1.64. The number of thiophene rings is 1. The summed E-state index contributed by atoms with van der Waals surface area (Å²) >= 11 is 7.17. The fraction of sp³-hybridized carbons (Fsp3) is 0.680. The Morgan fingerprint density at radius 3 is 2.72 bits per heavy atom.